The minimum Gasteiger partial charge on any atom is -0.302 e. The molecule has 1 aromatic rings. The molecule has 0 aliphatic heterocycles. The van der Waals surface area contributed by atoms with Gasteiger partial charge in [-0.25, -0.2) is 4.21 Å². The molecule has 0 heterocycles. The molecule has 5 heteroatoms. The quantitative estimate of drug-likeness (QED) is 0.705. The minimum atomic E-state index is -2.14. The van der Waals surface area contributed by atoms with Crippen LogP contribution in [0.5, 0.6) is 0 Å². The van der Waals surface area contributed by atoms with Gasteiger partial charge < -0.3 is 4.55 Å². The highest BCUT2D eigenvalue weighted by Gasteiger charge is 2.06. The molecule has 1 aromatic carbocycles. The molecule has 1 N–H and O–H groups in total. The van der Waals surface area contributed by atoms with Crippen molar-refractivity contribution in [2.45, 2.75) is 4.90 Å². The Morgan fingerprint density at radius 2 is 2.25 bits per heavy atom. The van der Waals surface area contributed by atoms with Gasteiger partial charge in [-0.2, -0.15) is 5.26 Å². The SMILES string of the molecule is N#Cc1ccc(Cl)c(S(=O)O)c1. The van der Waals surface area contributed by atoms with Gasteiger partial charge in [0.2, 0.25) is 0 Å². The third-order valence-electron chi connectivity index (χ3n) is 1.25. The molecule has 0 saturated heterocycles. The molecule has 1 unspecified atom stereocenters. The molecule has 62 valence electrons. The summed E-state index contributed by atoms with van der Waals surface area (Å²) in [7, 11) is 0. The zero-order valence-electron chi connectivity index (χ0n) is 5.82. The number of benzene rings is 1. The second-order valence-corrected chi connectivity index (χ2v) is 3.35. The molecule has 0 aliphatic carbocycles. The molecule has 3 nitrogen and oxygen atoms in total. The van der Waals surface area contributed by atoms with Crippen molar-refractivity contribution < 1.29 is 8.76 Å². The zero-order chi connectivity index (χ0) is 9.14. The van der Waals surface area contributed by atoms with Crippen LogP contribution in [0.15, 0.2) is 23.1 Å². The van der Waals surface area contributed by atoms with Crippen molar-refractivity contribution in [3.05, 3.63) is 28.8 Å². The van der Waals surface area contributed by atoms with E-state index in [1.165, 1.54) is 18.2 Å². The molecule has 0 saturated carbocycles. The average Bonchev–Trinajstić information content (AvgIpc) is 2.05. The van der Waals surface area contributed by atoms with Crippen LogP contribution in [0.3, 0.4) is 0 Å². The number of hydrogen-bond donors (Lipinski definition) is 1. The maximum atomic E-state index is 10.6. The predicted molar refractivity (Wildman–Crippen MR) is 45.2 cm³/mol. The largest absolute Gasteiger partial charge is 0.302 e. The summed E-state index contributed by atoms with van der Waals surface area (Å²) in [5.74, 6) is 0. The molecule has 0 aliphatic rings. The summed E-state index contributed by atoms with van der Waals surface area (Å²) in [4.78, 5) is 0.0655. The van der Waals surface area contributed by atoms with Gasteiger partial charge in [-0.05, 0) is 18.2 Å². The van der Waals surface area contributed by atoms with E-state index in [0.29, 0.717) is 5.56 Å². The molecule has 0 spiro atoms. The number of nitrogens with zero attached hydrogens (tertiary/aromatic N) is 1. The van der Waals surface area contributed by atoms with Crippen LogP contribution in [0.4, 0.5) is 0 Å². The third-order valence-corrected chi connectivity index (χ3v) is 2.40. The first-order valence-electron chi connectivity index (χ1n) is 2.95. The van der Waals surface area contributed by atoms with Crippen molar-refractivity contribution in [3.8, 4) is 6.07 Å². The van der Waals surface area contributed by atoms with Gasteiger partial charge in [-0.3, -0.25) is 0 Å². The maximum absolute atomic E-state index is 10.6. The van der Waals surface area contributed by atoms with Crippen LogP contribution >= 0.6 is 11.6 Å². The van der Waals surface area contributed by atoms with E-state index in [1.54, 1.807) is 0 Å². The topological polar surface area (TPSA) is 61.1 Å². The number of halogens is 1. The van der Waals surface area contributed by atoms with Crippen molar-refractivity contribution >= 4 is 22.7 Å². The van der Waals surface area contributed by atoms with Crippen LogP contribution in [0.2, 0.25) is 5.02 Å². The first kappa shape index (κ1) is 9.20. The van der Waals surface area contributed by atoms with Crippen LogP contribution in [0.25, 0.3) is 0 Å². The zero-order valence-corrected chi connectivity index (χ0v) is 7.39. The Morgan fingerprint density at radius 3 is 2.75 bits per heavy atom. The van der Waals surface area contributed by atoms with Crippen LogP contribution < -0.4 is 0 Å². The van der Waals surface area contributed by atoms with Crippen molar-refractivity contribution in [2.75, 3.05) is 0 Å². The second-order valence-electron chi connectivity index (χ2n) is 2.01. The Labute approximate surface area is 76.9 Å². The highest BCUT2D eigenvalue weighted by atomic mass is 35.5. The van der Waals surface area contributed by atoms with Gasteiger partial charge in [-0.15, -0.1) is 0 Å². The lowest BCUT2D eigenvalue weighted by Crippen LogP contribution is -1.90. The van der Waals surface area contributed by atoms with E-state index < -0.39 is 11.1 Å². The van der Waals surface area contributed by atoms with Gasteiger partial charge >= 0.3 is 0 Å². The van der Waals surface area contributed by atoms with Crippen molar-refractivity contribution in [2.24, 2.45) is 0 Å². The Bertz CT molecular complexity index is 372. The Hall–Kier alpha value is -0.890. The smallest absolute Gasteiger partial charge is 0.188 e. The molecule has 1 atom stereocenters. The number of hydrogen-bond acceptors (Lipinski definition) is 2. The van der Waals surface area contributed by atoms with Crippen molar-refractivity contribution in [1.29, 1.82) is 5.26 Å². The fourth-order valence-corrected chi connectivity index (χ4v) is 1.48. The van der Waals surface area contributed by atoms with E-state index in [2.05, 4.69) is 0 Å². The lowest BCUT2D eigenvalue weighted by Gasteiger charge is -1.97. The molecule has 12 heavy (non-hydrogen) atoms. The standard InChI is InChI=1S/C7H4ClNO2S/c8-6-2-1-5(4-9)3-7(6)12(10)11/h1-3H,(H,10,11). The normalized spacial score (nSPS) is 12.1. The molecule has 0 fully saturated rings. The molecular weight excluding hydrogens is 198 g/mol. The summed E-state index contributed by atoms with van der Waals surface area (Å²) in [6.07, 6.45) is 0. The van der Waals surface area contributed by atoms with Crippen LogP contribution in [-0.4, -0.2) is 8.76 Å². The summed E-state index contributed by atoms with van der Waals surface area (Å²) < 4.78 is 19.3. The molecule has 1 rings (SSSR count). The van der Waals surface area contributed by atoms with Gasteiger partial charge in [0.25, 0.3) is 0 Å². The first-order valence-corrected chi connectivity index (χ1v) is 4.44. The Morgan fingerprint density at radius 1 is 1.58 bits per heavy atom. The fraction of sp³-hybridized carbons (Fsp3) is 0. The maximum Gasteiger partial charge on any atom is 0.188 e. The lowest BCUT2D eigenvalue weighted by atomic mass is 10.2. The molecule has 0 bridgehead atoms. The van der Waals surface area contributed by atoms with Gasteiger partial charge in [0.1, 0.15) is 0 Å². The minimum absolute atomic E-state index is 0.0655. The highest BCUT2D eigenvalue weighted by Crippen LogP contribution is 2.19. The van der Waals surface area contributed by atoms with Crippen molar-refractivity contribution in [3.63, 3.8) is 0 Å². The molecule has 0 aromatic heterocycles. The third kappa shape index (κ3) is 1.83. The fourth-order valence-electron chi connectivity index (χ4n) is 0.707. The number of nitriles is 1. The highest BCUT2D eigenvalue weighted by molar-refractivity contribution is 7.79. The van der Waals surface area contributed by atoms with E-state index in [9.17, 15) is 4.21 Å². The second kappa shape index (κ2) is 3.68. The van der Waals surface area contributed by atoms with E-state index in [0.717, 1.165) is 0 Å². The van der Waals surface area contributed by atoms with Crippen LogP contribution in [-0.2, 0) is 11.1 Å². The summed E-state index contributed by atoms with van der Waals surface area (Å²) in [6.45, 7) is 0. The Kier molecular flexibility index (Phi) is 2.82. The molecule has 0 radical (unpaired) electrons. The monoisotopic (exact) mass is 201 g/mol. The first-order chi connectivity index (χ1) is 5.65. The molecular formula is C7H4ClNO2S. The number of rotatable bonds is 1. The van der Waals surface area contributed by atoms with Crippen molar-refractivity contribution in [1.82, 2.24) is 0 Å². The van der Waals surface area contributed by atoms with Gasteiger partial charge in [-0.1, -0.05) is 11.6 Å². The predicted octanol–water partition coefficient (Wildman–Crippen LogP) is 1.79. The van der Waals surface area contributed by atoms with E-state index in [-0.39, 0.29) is 9.92 Å². The average molecular weight is 202 g/mol. The molecule has 0 amide bonds. The van der Waals surface area contributed by atoms with Gasteiger partial charge in [0, 0.05) is 0 Å². The van der Waals surface area contributed by atoms with E-state index >= 15 is 0 Å². The van der Waals surface area contributed by atoms with E-state index in [1.807, 2.05) is 6.07 Å². The van der Waals surface area contributed by atoms with E-state index in [4.69, 9.17) is 21.4 Å². The lowest BCUT2D eigenvalue weighted by molar-refractivity contribution is 0.564. The summed E-state index contributed by atoms with van der Waals surface area (Å²) in [5.41, 5.74) is 0.316. The summed E-state index contributed by atoms with van der Waals surface area (Å²) in [6, 6.07) is 6.04. The van der Waals surface area contributed by atoms with Gasteiger partial charge in [0.05, 0.1) is 21.6 Å². The van der Waals surface area contributed by atoms with Gasteiger partial charge in [0.15, 0.2) is 11.1 Å². The van der Waals surface area contributed by atoms with Crippen LogP contribution in [0, 0.1) is 11.3 Å². The summed E-state index contributed by atoms with van der Waals surface area (Å²) in [5, 5.41) is 8.65. The van der Waals surface area contributed by atoms with Crippen LogP contribution in [0.1, 0.15) is 5.56 Å². The summed E-state index contributed by atoms with van der Waals surface area (Å²) >= 11 is 3.45. The Balaban J connectivity index is 3.28.